The number of carbonyl (C=O) groups excluding carboxylic acids is 2. The second-order valence-electron chi connectivity index (χ2n) is 6.71. The zero-order valence-corrected chi connectivity index (χ0v) is 14.2. The molecule has 1 aromatic carbocycles. The molecule has 0 heterocycles. The van der Waals surface area contributed by atoms with E-state index in [0.717, 1.165) is 12.8 Å². The largest absolute Gasteiger partial charge is 0.492 e. The number of para-hydroxylation sites is 2. The number of rotatable bonds is 6. The summed E-state index contributed by atoms with van der Waals surface area (Å²) in [5, 5.41) is 6.02. The number of amides is 2. The quantitative estimate of drug-likeness (QED) is 0.842. The molecule has 0 spiro atoms. The highest BCUT2D eigenvalue weighted by atomic mass is 16.5. The third kappa shape index (κ3) is 4.08. The van der Waals surface area contributed by atoms with Crippen LogP contribution >= 0.6 is 0 Å². The molecule has 2 amide bonds. The Morgan fingerprint density at radius 1 is 1.08 bits per heavy atom. The topological polar surface area (TPSA) is 67.4 Å². The number of ether oxygens (including phenoxy) is 1. The first kappa shape index (κ1) is 16.8. The van der Waals surface area contributed by atoms with Gasteiger partial charge in [0, 0.05) is 6.04 Å². The van der Waals surface area contributed by atoms with Crippen molar-refractivity contribution in [1.82, 2.24) is 5.32 Å². The summed E-state index contributed by atoms with van der Waals surface area (Å²) < 4.78 is 5.52. The maximum Gasteiger partial charge on any atom is 0.228 e. The Bertz CT molecular complexity index is 596. The van der Waals surface area contributed by atoms with Gasteiger partial charge in [-0.05, 0) is 38.3 Å². The minimum absolute atomic E-state index is 0.0418. The van der Waals surface area contributed by atoms with Crippen molar-refractivity contribution >= 4 is 17.5 Å². The smallest absolute Gasteiger partial charge is 0.228 e. The van der Waals surface area contributed by atoms with Crippen molar-refractivity contribution in [3.8, 4) is 5.75 Å². The predicted octanol–water partition coefficient (Wildman–Crippen LogP) is 3.11. The molecule has 3 rings (SSSR count). The van der Waals surface area contributed by atoms with E-state index in [4.69, 9.17) is 4.74 Å². The number of anilines is 1. The van der Waals surface area contributed by atoms with Crippen LogP contribution in [0.5, 0.6) is 5.75 Å². The lowest BCUT2D eigenvalue weighted by molar-refractivity contribution is -0.126. The van der Waals surface area contributed by atoms with E-state index >= 15 is 0 Å². The molecule has 0 aliphatic heterocycles. The molecule has 0 bridgehead atoms. The van der Waals surface area contributed by atoms with Crippen LogP contribution < -0.4 is 15.4 Å². The van der Waals surface area contributed by atoms with Gasteiger partial charge in [0.1, 0.15) is 5.75 Å². The molecule has 2 aliphatic rings. The maximum absolute atomic E-state index is 12.4. The Morgan fingerprint density at radius 3 is 2.54 bits per heavy atom. The van der Waals surface area contributed by atoms with E-state index in [1.165, 1.54) is 19.3 Å². The maximum atomic E-state index is 12.4. The molecule has 2 N–H and O–H groups in total. The van der Waals surface area contributed by atoms with Gasteiger partial charge in [0.05, 0.1) is 24.1 Å². The highest BCUT2D eigenvalue weighted by molar-refractivity contribution is 6.00. The fourth-order valence-electron chi connectivity index (χ4n) is 3.41. The van der Waals surface area contributed by atoms with Crippen LogP contribution in [0.4, 0.5) is 5.69 Å². The Morgan fingerprint density at radius 2 is 1.79 bits per heavy atom. The van der Waals surface area contributed by atoms with Gasteiger partial charge in [-0.3, -0.25) is 9.59 Å². The first-order chi connectivity index (χ1) is 11.7. The van der Waals surface area contributed by atoms with Crippen LogP contribution in [0.2, 0.25) is 0 Å². The van der Waals surface area contributed by atoms with Crippen molar-refractivity contribution in [2.45, 2.75) is 51.5 Å². The molecule has 2 saturated carbocycles. The third-order valence-corrected chi connectivity index (χ3v) is 4.86. The lowest BCUT2D eigenvalue weighted by atomic mass is 9.95. The van der Waals surface area contributed by atoms with Crippen LogP contribution in [0.15, 0.2) is 24.3 Å². The Kier molecular flexibility index (Phi) is 5.38. The van der Waals surface area contributed by atoms with Crippen molar-refractivity contribution in [3.63, 3.8) is 0 Å². The van der Waals surface area contributed by atoms with Crippen LogP contribution in [0, 0.1) is 11.8 Å². The first-order valence-electron chi connectivity index (χ1n) is 9.02. The van der Waals surface area contributed by atoms with Gasteiger partial charge in [0.15, 0.2) is 0 Å². The fourth-order valence-corrected chi connectivity index (χ4v) is 3.41. The van der Waals surface area contributed by atoms with E-state index in [-0.39, 0.29) is 23.7 Å². The molecule has 2 atom stereocenters. The molecule has 130 valence electrons. The van der Waals surface area contributed by atoms with Crippen LogP contribution in [-0.2, 0) is 9.59 Å². The van der Waals surface area contributed by atoms with Gasteiger partial charge in [0.2, 0.25) is 11.8 Å². The Labute approximate surface area is 143 Å². The number of carbonyl (C=O) groups is 2. The monoisotopic (exact) mass is 330 g/mol. The molecule has 5 heteroatoms. The van der Waals surface area contributed by atoms with E-state index < -0.39 is 0 Å². The van der Waals surface area contributed by atoms with Crippen molar-refractivity contribution < 1.29 is 14.3 Å². The molecular formula is C19H26N2O3. The summed E-state index contributed by atoms with van der Waals surface area (Å²) in [5.74, 6) is 0.220. The van der Waals surface area contributed by atoms with E-state index in [0.29, 0.717) is 30.5 Å². The fraction of sp³-hybridized carbons (Fsp3) is 0.579. The normalized spacial score (nSPS) is 23.4. The second kappa shape index (κ2) is 7.69. The first-order valence-corrected chi connectivity index (χ1v) is 9.02. The molecular weight excluding hydrogens is 304 g/mol. The van der Waals surface area contributed by atoms with Gasteiger partial charge in [0.25, 0.3) is 0 Å². The standard InChI is InChI=1S/C19H26N2O3/c1-2-24-17-11-7-6-10-16(17)21-19(23)15-12-14(15)18(22)20-13-8-4-3-5-9-13/h6-7,10-11,13-15H,2-5,8-9,12H2,1H3,(H,20,22)(H,21,23). The summed E-state index contributed by atoms with van der Waals surface area (Å²) in [4.78, 5) is 24.7. The molecule has 5 nitrogen and oxygen atoms in total. The summed E-state index contributed by atoms with van der Waals surface area (Å²) in [6.45, 7) is 2.45. The van der Waals surface area contributed by atoms with E-state index in [1.807, 2.05) is 31.2 Å². The zero-order chi connectivity index (χ0) is 16.9. The van der Waals surface area contributed by atoms with Gasteiger partial charge < -0.3 is 15.4 Å². The van der Waals surface area contributed by atoms with Gasteiger partial charge >= 0.3 is 0 Å². The minimum Gasteiger partial charge on any atom is -0.492 e. The summed E-state index contributed by atoms with van der Waals surface area (Å²) in [6, 6.07) is 7.69. The molecule has 2 fully saturated rings. The van der Waals surface area contributed by atoms with Crippen molar-refractivity contribution in [3.05, 3.63) is 24.3 Å². The van der Waals surface area contributed by atoms with Gasteiger partial charge in [-0.25, -0.2) is 0 Å². The number of hydrogen-bond acceptors (Lipinski definition) is 3. The summed E-state index contributed by atoms with van der Waals surface area (Å²) in [5.41, 5.74) is 0.669. The highest BCUT2D eigenvalue weighted by Crippen LogP contribution is 2.40. The molecule has 2 unspecified atom stereocenters. The zero-order valence-electron chi connectivity index (χ0n) is 14.2. The third-order valence-electron chi connectivity index (χ3n) is 4.86. The minimum atomic E-state index is -0.219. The molecule has 0 radical (unpaired) electrons. The lowest BCUT2D eigenvalue weighted by Gasteiger charge is -2.22. The molecule has 1 aromatic rings. The second-order valence-corrected chi connectivity index (χ2v) is 6.71. The average molecular weight is 330 g/mol. The average Bonchev–Trinajstić information content (AvgIpc) is 3.39. The molecule has 0 saturated heterocycles. The van der Waals surface area contributed by atoms with Crippen LogP contribution in [-0.4, -0.2) is 24.5 Å². The van der Waals surface area contributed by atoms with Gasteiger partial charge in [-0.1, -0.05) is 31.4 Å². The number of nitrogens with one attached hydrogen (secondary N) is 2. The summed E-state index contributed by atoms with van der Waals surface area (Å²) >= 11 is 0. The van der Waals surface area contributed by atoms with E-state index in [9.17, 15) is 9.59 Å². The Hall–Kier alpha value is -2.04. The SMILES string of the molecule is CCOc1ccccc1NC(=O)C1CC1C(=O)NC1CCCCC1. The van der Waals surface area contributed by atoms with Crippen molar-refractivity contribution in [2.75, 3.05) is 11.9 Å². The summed E-state index contributed by atoms with van der Waals surface area (Å²) in [6.07, 6.45) is 6.41. The highest BCUT2D eigenvalue weighted by Gasteiger charge is 2.48. The van der Waals surface area contributed by atoms with Gasteiger partial charge in [-0.15, -0.1) is 0 Å². The van der Waals surface area contributed by atoms with Crippen molar-refractivity contribution in [1.29, 1.82) is 0 Å². The summed E-state index contributed by atoms with van der Waals surface area (Å²) in [7, 11) is 0. The lowest BCUT2D eigenvalue weighted by Crippen LogP contribution is -2.37. The molecule has 0 aromatic heterocycles. The molecule has 2 aliphatic carbocycles. The van der Waals surface area contributed by atoms with Crippen LogP contribution in [0.1, 0.15) is 45.4 Å². The predicted molar refractivity (Wildman–Crippen MR) is 92.9 cm³/mol. The van der Waals surface area contributed by atoms with E-state index in [2.05, 4.69) is 10.6 Å². The number of hydrogen-bond donors (Lipinski definition) is 2. The van der Waals surface area contributed by atoms with E-state index in [1.54, 1.807) is 0 Å². The Balaban J connectivity index is 1.51. The number of benzene rings is 1. The van der Waals surface area contributed by atoms with Crippen molar-refractivity contribution in [2.24, 2.45) is 11.8 Å². The molecule has 24 heavy (non-hydrogen) atoms. The van der Waals surface area contributed by atoms with Crippen LogP contribution in [0.25, 0.3) is 0 Å². The van der Waals surface area contributed by atoms with Crippen LogP contribution in [0.3, 0.4) is 0 Å². The van der Waals surface area contributed by atoms with Gasteiger partial charge in [-0.2, -0.15) is 0 Å².